The van der Waals surface area contributed by atoms with Crippen LogP contribution in [-0.4, -0.2) is 32.9 Å². The number of halogens is 2. The van der Waals surface area contributed by atoms with Gasteiger partial charge in [-0.1, -0.05) is 67.3 Å². The van der Waals surface area contributed by atoms with E-state index >= 15 is 4.39 Å². The highest BCUT2D eigenvalue weighted by atomic mass is 35.5. The fourth-order valence-corrected chi connectivity index (χ4v) is 5.16. The van der Waals surface area contributed by atoms with Crippen molar-refractivity contribution < 1.29 is 13.9 Å². The largest absolute Gasteiger partial charge is 0.488 e. The molecule has 4 nitrogen and oxygen atoms in total. The first-order valence-electron chi connectivity index (χ1n) is 13.1. The van der Waals surface area contributed by atoms with Crippen molar-refractivity contribution in [3.8, 4) is 16.9 Å². The highest BCUT2D eigenvalue weighted by Gasteiger charge is 2.21. The van der Waals surface area contributed by atoms with Gasteiger partial charge in [0, 0.05) is 41.8 Å². The van der Waals surface area contributed by atoms with Crippen LogP contribution in [0.25, 0.3) is 11.1 Å². The van der Waals surface area contributed by atoms with Gasteiger partial charge in [0.1, 0.15) is 6.61 Å². The van der Waals surface area contributed by atoms with Crippen molar-refractivity contribution in [1.29, 1.82) is 0 Å². The third-order valence-electron chi connectivity index (χ3n) is 6.95. The molecule has 1 aliphatic carbocycles. The molecule has 6 heteroatoms. The van der Waals surface area contributed by atoms with E-state index in [2.05, 4.69) is 12.1 Å². The second kappa shape index (κ2) is 14.5. The second-order valence-corrected chi connectivity index (χ2v) is 10.1. The highest BCUT2D eigenvalue weighted by Crippen LogP contribution is 2.40. The van der Waals surface area contributed by atoms with E-state index < -0.39 is 5.82 Å². The van der Waals surface area contributed by atoms with E-state index in [1.54, 1.807) is 13.2 Å². The topological polar surface area (TPSA) is 70.5 Å². The van der Waals surface area contributed by atoms with Gasteiger partial charge in [-0.05, 0) is 67.1 Å². The predicted molar refractivity (Wildman–Crippen MR) is 152 cm³/mol. The SMILES string of the molecule is COCCOc1ccc(C)c(-c2cc(C(CN)c3ccccc3)c(C)cc2Cl)c1F.NC1CCCCC1. The smallest absolute Gasteiger partial charge is 0.173 e. The van der Waals surface area contributed by atoms with Crippen molar-refractivity contribution in [2.24, 2.45) is 11.5 Å². The van der Waals surface area contributed by atoms with Gasteiger partial charge in [-0.15, -0.1) is 0 Å². The first-order chi connectivity index (χ1) is 17.9. The van der Waals surface area contributed by atoms with E-state index in [0.717, 1.165) is 22.3 Å². The summed E-state index contributed by atoms with van der Waals surface area (Å²) in [5, 5.41) is 0.496. The molecule has 1 atom stereocenters. The molecule has 37 heavy (non-hydrogen) atoms. The maximum absolute atomic E-state index is 15.4. The lowest BCUT2D eigenvalue weighted by Crippen LogP contribution is -2.22. The predicted octanol–water partition coefficient (Wildman–Crippen LogP) is 7.16. The third-order valence-corrected chi connectivity index (χ3v) is 7.26. The number of hydrogen-bond acceptors (Lipinski definition) is 4. The lowest BCUT2D eigenvalue weighted by atomic mass is 9.86. The average Bonchev–Trinajstić information content (AvgIpc) is 2.89. The summed E-state index contributed by atoms with van der Waals surface area (Å²) in [6.45, 7) is 4.96. The van der Waals surface area contributed by atoms with Crippen molar-refractivity contribution >= 4 is 11.6 Å². The minimum absolute atomic E-state index is 0.00767. The lowest BCUT2D eigenvalue weighted by molar-refractivity contribution is 0.144. The Morgan fingerprint density at radius 2 is 1.68 bits per heavy atom. The first-order valence-corrected chi connectivity index (χ1v) is 13.5. The molecule has 4 N–H and O–H groups in total. The fourth-order valence-electron chi connectivity index (χ4n) is 4.85. The Hall–Kier alpha value is -2.44. The van der Waals surface area contributed by atoms with Crippen LogP contribution >= 0.6 is 11.6 Å². The monoisotopic (exact) mass is 526 g/mol. The molecule has 3 aromatic rings. The summed E-state index contributed by atoms with van der Waals surface area (Å²) in [7, 11) is 1.58. The molecule has 3 aromatic carbocycles. The van der Waals surface area contributed by atoms with Crippen LogP contribution in [-0.2, 0) is 4.74 Å². The van der Waals surface area contributed by atoms with Gasteiger partial charge in [0.25, 0.3) is 0 Å². The van der Waals surface area contributed by atoms with E-state index in [9.17, 15) is 0 Å². The fraction of sp³-hybridized carbons (Fsp3) is 0.419. The molecule has 4 rings (SSSR count). The van der Waals surface area contributed by atoms with Crippen LogP contribution in [0.5, 0.6) is 5.75 Å². The second-order valence-electron chi connectivity index (χ2n) is 9.70. The number of aryl methyl sites for hydroxylation is 2. The molecule has 0 aromatic heterocycles. The van der Waals surface area contributed by atoms with Gasteiger partial charge in [0.05, 0.1) is 6.61 Å². The van der Waals surface area contributed by atoms with Gasteiger partial charge in [0.2, 0.25) is 0 Å². The van der Waals surface area contributed by atoms with Crippen LogP contribution in [0.4, 0.5) is 4.39 Å². The van der Waals surface area contributed by atoms with Gasteiger partial charge in [-0.3, -0.25) is 0 Å². The lowest BCUT2D eigenvalue weighted by Gasteiger charge is -2.21. The van der Waals surface area contributed by atoms with Crippen molar-refractivity contribution in [2.45, 2.75) is 57.9 Å². The maximum atomic E-state index is 15.4. The van der Waals surface area contributed by atoms with E-state index in [0.29, 0.717) is 35.3 Å². The van der Waals surface area contributed by atoms with Crippen LogP contribution < -0.4 is 16.2 Å². The van der Waals surface area contributed by atoms with Gasteiger partial charge in [-0.25, -0.2) is 4.39 Å². The van der Waals surface area contributed by atoms with Crippen molar-refractivity contribution in [3.63, 3.8) is 0 Å². The van der Waals surface area contributed by atoms with Crippen LogP contribution in [0, 0.1) is 19.7 Å². The summed E-state index contributed by atoms with van der Waals surface area (Å²) >= 11 is 6.59. The Morgan fingerprint density at radius 1 is 0.973 bits per heavy atom. The summed E-state index contributed by atoms with van der Waals surface area (Å²) in [6.07, 6.45) is 6.66. The number of benzene rings is 3. The molecule has 0 radical (unpaired) electrons. The summed E-state index contributed by atoms with van der Waals surface area (Å²) in [4.78, 5) is 0. The molecule has 0 bridgehead atoms. The number of nitrogens with two attached hydrogens (primary N) is 2. The molecular weight excluding hydrogens is 487 g/mol. The minimum Gasteiger partial charge on any atom is -0.488 e. The summed E-state index contributed by atoms with van der Waals surface area (Å²) < 4.78 is 26.0. The van der Waals surface area contributed by atoms with E-state index in [4.69, 9.17) is 32.5 Å². The number of ether oxygens (including phenoxy) is 2. The Balaban J connectivity index is 0.000000468. The molecule has 0 saturated heterocycles. The molecule has 1 aliphatic rings. The molecule has 200 valence electrons. The minimum atomic E-state index is -0.424. The van der Waals surface area contributed by atoms with Crippen LogP contribution in [0.1, 0.15) is 60.3 Å². The average molecular weight is 527 g/mol. The zero-order valence-electron chi connectivity index (χ0n) is 22.2. The highest BCUT2D eigenvalue weighted by molar-refractivity contribution is 6.33. The molecule has 1 unspecified atom stereocenters. The van der Waals surface area contributed by atoms with Crippen molar-refractivity contribution in [1.82, 2.24) is 0 Å². The van der Waals surface area contributed by atoms with E-state index in [1.165, 1.54) is 32.1 Å². The van der Waals surface area contributed by atoms with E-state index in [-0.39, 0.29) is 18.3 Å². The molecule has 0 spiro atoms. The number of hydrogen-bond donors (Lipinski definition) is 2. The quantitative estimate of drug-likeness (QED) is 0.305. The van der Waals surface area contributed by atoms with Gasteiger partial charge in [0.15, 0.2) is 11.6 Å². The van der Waals surface area contributed by atoms with Crippen LogP contribution in [0.3, 0.4) is 0 Å². The first kappa shape index (κ1) is 29.1. The molecule has 0 aliphatic heterocycles. The number of methoxy groups -OCH3 is 1. The van der Waals surface area contributed by atoms with Gasteiger partial charge in [-0.2, -0.15) is 0 Å². The normalized spacial score (nSPS) is 14.6. The molecule has 0 heterocycles. The molecule has 0 amide bonds. The third kappa shape index (κ3) is 7.78. The van der Waals surface area contributed by atoms with Crippen LogP contribution in [0.15, 0.2) is 54.6 Å². The van der Waals surface area contributed by atoms with Gasteiger partial charge < -0.3 is 20.9 Å². The Kier molecular flexibility index (Phi) is 11.4. The molecule has 1 saturated carbocycles. The zero-order valence-corrected chi connectivity index (χ0v) is 23.0. The zero-order chi connectivity index (χ0) is 26.8. The summed E-state index contributed by atoms with van der Waals surface area (Å²) in [5.41, 5.74) is 16.8. The summed E-state index contributed by atoms with van der Waals surface area (Å²) in [6, 6.07) is 17.9. The Morgan fingerprint density at radius 3 is 2.27 bits per heavy atom. The van der Waals surface area contributed by atoms with Crippen molar-refractivity contribution in [3.05, 3.63) is 87.7 Å². The summed E-state index contributed by atoms with van der Waals surface area (Å²) in [5.74, 6) is -0.247. The number of rotatable bonds is 8. The van der Waals surface area contributed by atoms with E-state index in [1.807, 2.05) is 50.2 Å². The van der Waals surface area contributed by atoms with Gasteiger partial charge >= 0.3 is 0 Å². The molecule has 1 fully saturated rings. The molecular formula is C31H40ClFN2O2. The van der Waals surface area contributed by atoms with Crippen LogP contribution in [0.2, 0.25) is 5.02 Å². The standard InChI is InChI=1S/C25H27ClFNO2.C6H13N/c1-16-9-10-23(30-12-11-29-3)25(27)24(16)20-14-19(17(2)13-22(20)26)21(15-28)18-7-5-4-6-8-18;7-6-4-2-1-3-5-6/h4-10,13-14,21H,11-12,15,28H2,1-3H3;6H,1-5,7H2. The Labute approximate surface area is 226 Å². The van der Waals surface area contributed by atoms with Crippen molar-refractivity contribution in [2.75, 3.05) is 26.9 Å². The maximum Gasteiger partial charge on any atom is 0.173 e. The Bertz CT molecular complexity index is 1130.